The van der Waals surface area contributed by atoms with Crippen LogP contribution in [0.5, 0.6) is 0 Å². The number of rotatable bonds is 2. The van der Waals surface area contributed by atoms with Crippen LogP contribution in [0.2, 0.25) is 0 Å². The molecule has 1 rings (SSSR count). The van der Waals surface area contributed by atoms with Gasteiger partial charge >= 0.3 is 0 Å². The van der Waals surface area contributed by atoms with E-state index >= 15 is 0 Å². The molecule has 0 bridgehead atoms. The molecule has 2 atom stereocenters. The van der Waals surface area contributed by atoms with Crippen LogP contribution < -0.4 is 0 Å². The zero-order chi connectivity index (χ0) is 9.14. The monoisotopic (exact) mass is 193 g/mol. The first-order valence-corrected chi connectivity index (χ1v) is 4.14. The van der Waals surface area contributed by atoms with Crippen molar-refractivity contribution in [1.29, 1.82) is 0 Å². The van der Waals surface area contributed by atoms with Gasteiger partial charge in [0.2, 0.25) is 0 Å². The molecular formula is C7H9ClFNO2. The van der Waals surface area contributed by atoms with E-state index in [1.54, 1.807) is 0 Å². The predicted octanol–water partition coefficient (Wildman–Crippen LogP) is 0.711. The Morgan fingerprint density at radius 1 is 1.75 bits per heavy atom. The summed E-state index contributed by atoms with van der Waals surface area (Å²) in [5, 5.41) is 0. The van der Waals surface area contributed by atoms with Crippen molar-refractivity contribution < 1.29 is 14.0 Å². The summed E-state index contributed by atoms with van der Waals surface area (Å²) in [5.74, 6) is -0.800. The number of hydrogen-bond donors (Lipinski definition) is 0. The molecule has 2 unspecified atom stereocenters. The minimum absolute atomic E-state index is 0.426. The number of alkyl halides is 2. The summed E-state index contributed by atoms with van der Waals surface area (Å²) in [5.41, 5.74) is -2.02. The molecule has 0 aliphatic carbocycles. The van der Waals surface area contributed by atoms with E-state index in [2.05, 4.69) is 0 Å². The Kier molecular flexibility index (Phi) is 3.03. The molecule has 0 spiro atoms. The smallest absolute Gasteiger partial charge is 0.273 e. The van der Waals surface area contributed by atoms with Crippen LogP contribution >= 0.6 is 11.6 Å². The number of carbonyl (C=O) groups is 2. The van der Waals surface area contributed by atoms with Crippen LogP contribution in [0.15, 0.2) is 0 Å². The van der Waals surface area contributed by atoms with Gasteiger partial charge in [-0.1, -0.05) is 11.6 Å². The van der Waals surface area contributed by atoms with Gasteiger partial charge in [-0.3, -0.25) is 4.79 Å². The molecule has 0 saturated carbocycles. The predicted molar refractivity (Wildman–Crippen MR) is 41.5 cm³/mol. The van der Waals surface area contributed by atoms with Crippen molar-refractivity contribution in [2.45, 2.75) is 24.5 Å². The van der Waals surface area contributed by atoms with Crippen LogP contribution in [-0.2, 0) is 9.59 Å². The second-order valence-corrected chi connectivity index (χ2v) is 3.06. The highest BCUT2D eigenvalue weighted by Crippen LogP contribution is 2.18. The lowest BCUT2D eigenvalue weighted by molar-refractivity contribution is -0.136. The average molecular weight is 194 g/mol. The average Bonchev–Trinajstić information content (AvgIpc) is 2.49. The third-order valence-electron chi connectivity index (χ3n) is 1.93. The van der Waals surface area contributed by atoms with E-state index in [9.17, 15) is 14.0 Å². The van der Waals surface area contributed by atoms with Crippen molar-refractivity contribution >= 4 is 23.8 Å². The first-order valence-electron chi connectivity index (χ1n) is 3.70. The van der Waals surface area contributed by atoms with Gasteiger partial charge in [-0.2, -0.15) is 0 Å². The number of carbonyl (C=O) groups excluding carboxylic acids is 2. The van der Waals surface area contributed by atoms with Crippen molar-refractivity contribution in [3.8, 4) is 0 Å². The molecule has 12 heavy (non-hydrogen) atoms. The van der Waals surface area contributed by atoms with Gasteiger partial charge < -0.3 is 9.69 Å². The Labute approximate surface area is 74.5 Å². The molecule has 68 valence electrons. The molecular weight excluding hydrogens is 185 g/mol. The van der Waals surface area contributed by atoms with Gasteiger partial charge in [0, 0.05) is 6.54 Å². The van der Waals surface area contributed by atoms with Crippen LogP contribution in [-0.4, -0.2) is 35.3 Å². The fraction of sp³-hybridized carbons (Fsp3) is 0.714. The third-order valence-corrected chi connectivity index (χ3v) is 2.11. The van der Waals surface area contributed by atoms with Crippen molar-refractivity contribution in [2.24, 2.45) is 0 Å². The summed E-state index contributed by atoms with van der Waals surface area (Å²) >= 11 is 4.96. The number of halogens is 2. The first kappa shape index (κ1) is 9.45. The van der Waals surface area contributed by atoms with Crippen LogP contribution in [0.4, 0.5) is 4.39 Å². The summed E-state index contributed by atoms with van der Waals surface area (Å²) in [7, 11) is 0. The van der Waals surface area contributed by atoms with Crippen LogP contribution in [0.25, 0.3) is 0 Å². The molecule has 0 radical (unpaired) electrons. The minimum atomic E-state index is -2.02. The molecule has 1 fully saturated rings. The van der Waals surface area contributed by atoms with E-state index in [1.165, 1.54) is 4.90 Å². The van der Waals surface area contributed by atoms with Gasteiger partial charge in [0.1, 0.15) is 6.29 Å². The Hall–Kier alpha value is -0.640. The van der Waals surface area contributed by atoms with Crippen molar-refractivity contribution in [3.63, 3.8) is 0 Å². The highest BCUT2D eigenvalue weighted by molar-refractivity contribution is 6.29. The van der Waals surface area contributed by atoms with Gasteiger partial charge in [-0.05, 0) is 12.8 Å². The number of hydrogen-bond acceptors (Lipinski definition) is 2. The molecule has 0 aromatic heterocycles. The Morgan fingerprint density at radius 3 is 2.92 bits per heavy atom. The van der Waals surface area contributed by atoms with E-state index < -0.39 is 17.6 Å². The van der Waals surface area contributed by atoms with Crippen molar-refractivity contribution in [3.05, 3.63) is 0 Å². The fourth-order valence-corrected chi connectivity index (χ4v) is 1.46. The van der Waals surface area contributed by atoms with E-state index in [0.29, 0.717) is 19.3 Å². The van der Waals surface area contributed by atoms with Gasteiger partial charge in [-0.15, -0.1) is 0 Å². The summed E-state index contributed by atoms with van der Waals surface area (Å²) < 4.78 is 12.3. The molecule has 1 saturated heterocycles. The maximum absolute atomic E-state index is 12.3. The molecule has 3 nitrogen and oxygen atoms in total. The topological polar surface area (TPSA) is 37.4 Å². The van der Waals surface area contributed by atoms with Gasteiger partial charge in [-0.25, -0.2) is 4.39 Å². The van der Waals surface area contributed by atoms with Crippen LogP contribution in [0, 0.1) is 0 Å². The molecule has 0 aromatic rings. The summed E-state index contributed by atoms with van der Waals surface area (Å²) in [6.45, 7) is 0.426. The SMILES string of the molecule is O=CC1CCCN1C(=O)C(F)Cl. The zero-order valence-corrected chi connectivity index (χ0v) is 7.13. The molecule has 5 heteroatoms. The van der Waals surface area contributed by atoms with Crippen molar-refractivity contribution in [2.75, 3.05) is 6.54 Å². The highest BCUT2D eigenvalue weighted by Gasteiger charge is 2.31. The Bertz CT molecular complexity index is 198. The van der Waals surface area contributed by atoms with Gasteiger partial charge in [0.25, 0.3) is 11.5 Å². The number of nitrogens with zero attached hydrogens (tertiary/aromatic N) is 1. The molecule has 0 N–H and O–H groups in total. The lowest BCUT2D eigenvalue weighted by Crippen LogP contribution is -2.39. The summed E-state index contributed by atoms with van der Waals surface area (Å²) in [6, 6.07) is -0.477. The second kappa shape index (κ2) is 3.85. The number of amides is 1. The van der Waals surface area contributed by atoms with Crippen LogP contribution in [0.1, 0.15) is 12.8 Å². The van der Waals surface area contributed by atoms with Crippen molar-refractivity contribution in [1.82, 2.24) is 4.90 Å². The second-order valence-electron chi connectivity index (χ2n) is 2.68. The fourth-order valence-electron chi connectivity index (χ4n) is 1.33. The maximum Gasteiger partial charge on any atom is 0.273 e. The Balaban J connectivity index is 2.61. The summed E-state index contributed by atoms with van der Waals surface area (Å²) in [6.07, 6.45) is 2.00. The normalized spacial score (nSPS) is 25.5. The van der Waals surface area contributed by atoms with Gasteiger partial charge in [0.05, 0.1) is 6.04 Å². The largest absolute Gasteiger partial charge is 0.329 e. The summed E-state index contributed by atoms with van der Waals surface area (Å²) in [4.78, 5) is 22.5. The standard InChI is InChI=1S/C7H9ClFNO2/c8-6(9)7(12)10-3-1-2-5(10)4-11/h4-6H,1-3H2. The lowest BCUT2D eigenvalue weighted by Gasteiger charge is -2.19. The van der Waals surface area contributed by atoms with E-state index in [1.807, 2.05) is 0 Å². The lowest BCUT2D eigenvalue weighted by atomic mass is 10.2. The van der Waals surface area contributed by atoms with E-state index in [4.69, 9.17) is 11.6 Å². The number of aldehydes is 1. The first-order chi connectivity index (χ1) is 5.66. The quantitative estimate of drug-likeness (QED) is 0.479. The number of likely N-dealkylation sites (tertiary alicyclic amines) is 1. The van der Waals surface area contributed by atoms with Crippen LogP contribution in [0.3, 0.4) is 0 Å². The molecule has 1 amide bonds. The van der Waals surface area contributed by atoms with E-state index in [0.717, 1.165) is 6.42 Å². The highest BCUT2D eigenvalue weighted by atomic mass is 35.5. The molecule has 1 aliphatic rings. The molecule has 1 aliphatic heterocycles. The maximum atomic E-state index is 12.3. The zero-order valence-electron chi connectivity index (χ0n) is 6.37. The third kappa shape index (κ3) is 1.75. The van der Waals surface area contributed by atoms with E-state index in [-0.39, 0.29) is 0 Å². The van der Waals surface area contributed by atoms with Gasteiger partial charge in [0.15, 0.2) is 0 Å². The minimum Gasteiger partial charge on any atom is -0.329 e. The molecule has 1 heterocycles. The molecule has 0 aromatic carbocycles. The Morgan fingerprint density at radius 2 is 2.42 bits per heavy atom.